The number of hydrogen-bond acceptors (Lipinski definition) is 3. The maximum absolute atomic E-state index is 12.3. The van der Waals surface area contributed by atoms with Crippen LogP contribution < -0.4 is 5.32 Å². The van der Waals surface area contributed by atoms with Gasteiger partial charge in [0.05, 0.1) is 13.2 Å². The summed E-state index contributed by atoms with van der Waals surface area (Å²) in [5, 5.41) is 12.4. The first kappa shape index (κ1) is 16.0. The van der Waals surface area contributed by atoms with E-state index in [0.717, 1.165) is 31.4 Å². The van der Waals surface area contributed by atoms with Crippen molar-refractivity contribution in [2.75, 3.05) is 18.5 Å². The summed E-state index contributed by atoms with van der Waals surface area (Å²) in [5.41, 5.74) is 2.07. The number of carbonyl (C=O) groups is 1. The van der Waals surface area contributed by atoms with E-state index >= 15 is 0 Å². The highest BCUT2D eigenvalue weighted by atomic mass is 16.3. The lowest BCUT2D eigenvalue weighted by Gasteiger charge is -2.39. The van der Waals surface area contributed by atoms with E-state index < -0.39 is 0 Å². The van der Waals surface area contributed by atoms with Crippen molar-refractivity contribution >= 4 is 11.6 Å². The fourth-order valence-corrected chi connectivity index (χ4v) is 3.06. The summed E-state index contributed by atoms with van der Waals surface area (Å²) in [6.07, 6.45) is 4.15. The highest BCUT2D eigenvalue weighted by Crippen LogP contribution is 2.22. The van der Waals surface area contributed by atoms with Crippen LogP contribution in [0.5, 0.6) is 0 Å². The Morgan fingerprint density at radius 2 is 2.24 bits per heavy atom. The summed E-state index contributed by atoms with van der Waals surface area (Å²) in [5.74, 6) is -0.00421. The average Bonchev–Trinajstić information content (AvgIpc) is 2.49. The first-order valence-corrected chi connectivity index (χ1v) is 7.89. The lowest BCUT2D eigenvalue weighted by molar-refractivity contribution is -0.119. The van der Waals surface area contributed by atoms with Gasteiger partial charge in [0, 0.05) is 17.8 Å². The molecular formula is C17H26N2O2. The molecule has 0 spiro atoms. The maximum atomic E-state index is 12.3. The number of rotatable bonds is 5. The Labute approximate surface area is 127 Å². The van der Waals surface area contributed by atoms with Gasteiger partial charge in [0.25, 0.3) is 0 Å². The Morgan fingerprint density at radius 1 is 1.43 bits per heavy atom. The van der Waals surface area contributed by atoms with Crippen LogP contribution in [0.3, 0.4) is 0 Å². The summed E-state index contributed by atoms with van der Waals surface area (Å²) in [6.45, 7) is 4.71. The molecule has 1 fully saturated rings. The van der Waals surface area contributed by atoms with Crippen molar-refractivity contribution in [2.24, 2.45) is 0 Å². The molecular weight excluding hydrogens is 264 g/mol. The second kappa shape index (κ2) is 7.57. The van der Waals surface area contributed by atoms with E-state index in [4.69, 9.17) is 0 Å². The van der Waals surface area contributed by atoms with Crippen molar-refractivity contribution in [3.05, 3.63) is 29.8 Å². The molecule has 4 heteroatoms. The Kier molecular flexibility index (Phi) is 5.76. The molecule has 2 rings (SSSR count). The summed E-state index contributed by atoms with van der Waals surface area (Å²) in [7, 11) is 0. The minimum atomic E-state index is -0.00421. The van der Waals surface area contributed by atoms with E-state index in [9.17, 15) is 9.90 Å². The van der Waals surface area contributed by atoms with Gasteiger partial charge in [-0.1, -0.05) is 25.5 Å². The molecule has 0 saturated carbocycles. The summed E-state index contributed by atoms with van der Waals surface area (Å²) < 4.78 is 0. The zero-order chi connectivity index (χ0) is 15.2. The first-order valence-electron chi connectivity index (χ1n) is 7.89. The van der Waals surface area contributed by atoms with Gasteiger partial charge >= 0.3 is 0 Å². The summed E-state index contributed by atoms with van der Waals surface area (Å²) in [6, 6.07) is 8.42. The third-order valence-electron chi connectivity index (χ3n) is 4.35. The second-order valence-electron chi connectivity index (χ2n) is 5.89. The molecule has 1 amide bonds. The number of carbonyl (C=O) groups excluding carboxylic acids is 1. The van der Waals surface area contributed by atoms with Crippen molar-refractivity contribution in [3.63, 3.8) is 0 Å². The highest BCUT2D eigenvalue weighted by Gasteiger charge is 2.28. The SMILES string of the molecule is CCc1cccc(NC(=O)CN2C(C)CCCC2CO)c1. The molecule has 1 heterocycles. The zero-order valence-electron chi connectivity index (χ0n) is 13.0. The molecule has 2 unspecified atom stereocenters. The molecule has 1 aromatic rings. The number of nitrogens with one attached hydrogen (secondary N) is 1. The van der Waals surface area contributed by atoms with Gasteiger partial charge in [0.15, 0.2) is 0 Å². The molecule has 116 valence electrons. The smallest absolute Gasteiger partial charge is 0.238 e. The van der Waals surface area contributed by atoms with Crippen LogP contribution in [0.4, 0.5) is 5.69 Å². The molecule has 0 radical (unpaired) electrons. The Hall–Kier alpha value is -1.39. The van der Waals surface area contributed by atoms with Crippen molar-refractivity contribution in [2.45, 2.75) is 51.6 Å². The zero-order valence-corrected chi connectivity index (χ0v) is 13.0. The minimum Gasteiger partial charge on any atom is -0.395 e. The maximum Gasteiger partial charge on any atom is 0.238 e. The largest absolute Gasteiger partial charge is 0.395 e. The topological polar surface area (TPSA) is 52.6 Å². The van der Waals surface area contributed by atoms with E-state index in [1.165, 1.54) is 5.56 Å². The number of likely N-dealkylation sites (tertiary alicyclic amines) is 1. The van der Waals surface area contributed by atoms with E-state index in [0.29, 0.717) is 12.6 Å². The molecule has 21 heavy (non-hydrogen) atoms. The number of nitrogens with zero attached hydrogens (tertiary/aromatic N) is 1. The van der Waals surface area contributed by atoms with Crippen molar-refractivity contribution < 1.29 is 9.90 Å². The molecule has 1 aliphatic heterocycles. The van der Waals surface area contributed by atoms with E-state index in [2.05, 4.69) is 30.1 Å². The van der Waals surface area contributed by atoms with Gasteiger partial charge in [0.1, 0.15) is 0 Å². The molecule has 0 bridgehead atoms. The van der Waals surface area contributed by atoms with Gasteiger partial charge in [0.2, 0.25) is 5.91 Å². The van der Waals surface area contributed by atoms with Crippen LogP contribution in [0.25, 0.3) is 0 Å². The number of aliphatic hydroxyl groups excluding tert-OH is 1. The Bertz CT molecular complexity index is 476. The quantitative estimate of drug-likeness (QED) is 0.875. The molecule has 2 atom stereocenters. The molecule has 1 saturated heterocycles. The lowest BCUT2D eigenvalue weighted by Crippen LogP contribution is -2.50. The fourth-order valence-electron chi connectivity index (χ4n) is 3.06. The number of amides is 1. The minimum absolute atomic E-state index is 0.00421. The van der Waals surface area contributed by atoms with E-state index in [1.807, 2.05) is 18.2 Å². The third-order valence-corrected chi connectivity index (χ3v) is 4.35. The summed E-state index contributed by atoms with van der Waals surface area (Å²) >= 11 is 0. The normalized spacial score (nSPS) is 23.0. The van der Waals surface area contributed by atoms with Crippen molar-refractivity contribution in [1.29, 1.82) is 0 Å². The van der Waals surface area contributed by atoms with Crippen LogP contribution in [-0.4, -0.2) is 41.1 Å². The van der Waals surface area contributed by atoms with Gasteiger partial charge in [-0.15, -0.1) is 0 Å². The first-order chi connectivity index (χ1) is 10.1. The van der Waals surface area contributed by atoms with Crippen LogP contribution >= 0.6 is 0 Å². The number of piperidine rings is 1. The lowest BCUT2D eigenvalue weighted by atomic mass is 9.97. The van der Waals surface area contributed by atoms with Gasteiger partial charge in [-0.25, -0.2) is 0 Å². The van der Waals surface area contributed by atoms with E-state index in [-0.39, 0.29) is 18.6 Å². The monoisotopic (exact) mass is 290 g/mol. The predicted octanol–water partition coefficient (Wildman–Crippen LogP) is 2.42. The average molecular weight is 290 g/mol. The standard InChI is InChI=1S/C17H26N2O2/c1-3-14-7-5-8-15(10-14)18-17(21)11-19-13(2)6-4-9-16(19)12-20/h5,7-8,10,13,16,20H,3-4,6,9,11-12H2,1-2H3,(H,18,21). The van der Waals surface area contributed by atoms with Crippen LogP contribution in [0.15, 0.2) is 24.3 Å². The van der Waals surface area contributed by atoms with Crippen LogP contribution in [0.1, 0.15) is 38.7 Å². The molecule has 1 aromatic carbocycles. The number of anilines is 1. The Morgan fingerprint density at radius 3 is 2.95 bits per heavy atom. The molecule has 1 aliphatic rings. The number of aliphatic hydroxyl groups is 1. The van der Waals surface area contributed by atoms with Crippen molar-refractivity contribution in [1.82, 2.24) is 4.90 Å². The third kappa shape index (κ3) is 4.29. The molecule has 0 aliphatic carbocycles. The van der Waals surface area contributed by atoms with Crippen LogP contribution in [0.2, 0.25) is 0 Å². The second-order valence-corrected chi connectivity index (χ2v) is 5.89. The molecule has 0 aromatic heterocycles. The van der Waals surface area contributed by atoms with Gasteiger partial charge in [-0.3, -0.25) is 9.69 Å². The number of hydrogen-bond donors (Lipinski definition) is 2. The highest BCUT2D eigenvalue weighted by molar-refractivity contribution is 5.92. The molecule has 2 N–H and O–H groups in total. The number of aryl methyl sites for hydroxylation is 1. The summed E-state index contributed by atoms with van der Waals surface area (Å²) in [4.78, 5) is 14.4. The van der Waals surface area contributed by atoms with Gasteiger partial charge in [-0.2, -0.15) is 0 Å². The Balaban J connectivity index is 1.96. The van der Waals surface area contributed by atoms with Crippen LogP contribution in [-0.2, 0) is 11.2 Å². The van der Waals surface area contributed by atoms with Gasteiger partial charge < -0.3 is 10.4 Å². The number of benzene rings is 1. The predicted molar refractivity (Wildman–Crippen MR) is 85.3 cm³/mol. The van der Waals surface area contributed by atoms with Gasteiger partial charge in [-0.05, 0) is 43.9 Å². The molecule has 4 nitrogen and oxygen atoms in total. The van der Waals surface area contributed by atoms with Crippen molar-refractivity contribution in [3.8, 4) is 0 Å². The van der Waals surface area contributed by atoms with Crippen LogP contribution in [0, 0.1) is 0 Å². The van der Waals surface area contributed by atoms with E-state index in [1.54, 1.807) is 0 Å². The fraction of sp³-hybridized carbons (Fsp3) is 0.588.